The molecule has 0 amide bonds. The Balaban J connectivity index is 1.66. The Kier molecular flexibility index (Phi) is 3.60. The molecule has 1 saturated carbocycles. The predicted octanol–water partition coefficient (Wildman–Crippen LogP) is 1.08. The Hall–Kier alpha value is -2.29. The zero-order chi connectivity index (χ0) is 16.7. The molecule has 2 N–H and O–H groups in total. The lowest BCUT2D eigenvalue weighted by atomic mass is 9.84. The fourth-order valence-electron chi connectivity index (χ4n) is 3.10. The molecule has 2 heterocycles. The number of hydrogen-bond acceptors (Lipinski definition) is 5. The summed E-state index contributed by atoms with van der Waals surface area (Å²) in [5.41, 5.74) is 0.433. The first kappa shape index (κ1) is 15.3. The lowest BCUT2D eigenvalue weighted by Crippen LogP contribution is -2.56. The molecule has 0 spiro atoms. The fraction of sp³-hybridized carbons (Fsp3) is 0.250. The molecule has 0 radical (unpaired) electrons. The van der Waals surface area contributed by atoms with Crippen molar-refractivity contribution in [3.63, 3.8) is 0 Å². The molecule has 124 valence electrons. The molecule has 1 aromatic carbocycles. The van der Waals surface area contributed by atoms with Gasteiger partial charge in [0.05, 0.1) is 17.7 Å². The fourth-order valence-corrected chi connectivity index (χ4v) is 4.55. The number of aromatic nitrogens is 3. The maximum absolute atomic E-state index is 12.8. The molecule has 0 saturated heterocycles. The van der Waals surface area contributed by atoms with Crippen LogP contribution in [0.15, 0.2) is 59.9 Å². The van der Waals surface area contributed by atoms with Gasteiger partial charge in [0.25, 0.3) is 0 Å². The number of pyridine rings is 1. The van der Waals surface area contributed by atoms with E-state index in [1.54, 1.807) is 41.5 Å². The van der Waals surface area contributed by atoms with Crippen molar-refractivity contribution >= 4 is 20.9 Å². The van der Waals surface area contributed by atoms with Crippen molar-refractivity contribution < 1.29 is 13.5 Å². The van der Waals surface area contributed by atoms with E-state index in [-0.39, 0.29) is 4.90 Å². The third-order valence-electron chi connectivity index (χ3n) is 4.32. The zero-order valence-electron chi connectivity index (χ0n) is 12.6. The van der Waals surface area contributed by atoms with Crippen LogP contribution in [0.1, 0.15) is 12.5 Å². The highest BCUT2D eigenvalue weighted by atomic mass is 32.2. The summed E-state index contributed by atoms with van der Waals surface area (Å²) in [6.07, 6.45) is 4.62. The van der Waals surface area contributed by atoms with Crippen LogP contribution >= 0.6 is 0 Å². The topological polar surface area (TPSA) is 97.1 Å². The molecule has 3 atom stereocenters. The molecule has 0 bridgehead atoms. The first-order valence-corrected chi connectivity index (χ1v) is 9.08. The molecule has 3 aromatic rings. The second-order valence-corrected chi connectivity index (χ2v) is 7.52. The summed E-state index contributed by atoms with van der Waals surface area (Å²) in [5, 5.41) is 14.8. The van der Waals surface area contributed by atoms with E-state index in [9.17, 15) is 13.5 Å². The average Bonchev–Trinajstić information content (AvgIpc) is 3.07. The molecule has 0 aliphatic heterocycles. The number of nitrogens with one attached hydrogen (secondary N) is 1. The maximum atomic E-state index is 12.8. The van der Waals surface area contributed by atoms with Crippen LogP contribution in [-0.4, -0.2) is 40.4 Å². The summed E-state index contributed by atoms with van der Waals surface area (Å²) in [5.74, 6) is 0. The Bertz CT molecular complexity index is 967. The minimum absolute atomic E-state index is 0.140. The number of fused-ring (bicyclic) bond motifs is 1. The summed E-state index contributed by atoms with van der Waals surface area (Å²) in [6.45, 7) is 0. The van der Waals surface area contributed by atoms with Crippen molar-refractivity contribution in [2.45, 2.75) is 29.5 Å². The Labute approximate surface area is 139 Å². The van der Waals surface area contributed by atoms with Crippen molar-refractivity contribution in [3.8, 4) is 0 Å². The normalized spacial score (nSPS) is 24.0. The molecule has 24 heavy (non-hydrogen) atoms. The Morgan fingerprint density at radius 1 is 1.17 bits per heavy atom. The van der Waals surface area contributed by atoms with Crippen LogP contribution < -0.4 is 4.72 Å². The first-order valence-electron chi connectivity index (χ1n) is 7.59. The van der Waals surface area contributed by atoms with E-state index in [0.29, 0.717) is 11.9 Å². The van der Waals surface area contributed by atoms with Crippen molar-refractivity contribution in [1.29, 1.82) is 0 Å². The summed E-state index contributed by atoms with van der Waals surface area (Å²) in [7, 11) is -3.76. The molecular weight excluding hydrogens is 328 g/mol. The first-order chi connectivity index (χ1) is 11.6. The van der Waals surface area contributed by atoms with Crippen LogP contribution in [0.3, 0.4) is 0 Å². The minimum atomic E-state index is -3.76. The summed E-state index contributed by atoms with van der Waals surface area (Å²) in [6, 6.07) is 9.56. The number of para-hydroxylation sites is 1. The van der Waals surface area contributed by atoms with Gasteiger partial charge >= 0.3 is 0 Å². The highest BCUT2D eigenvalue weighted by Crippen LogP contribution is 2.33. The van der Waals surface area contributed by atoms with Crippen molar-refractivity contribution in [1.82, 2.24) is 19.5 Å². The van der Waals surface area contributed by atoms with Crippen LogP contribution in [0.25, 0.3) is 10.9 Å². The van der Waals surface area contributed by atoms with Gasteiger partial charge in [-0.1, -0.05) is 18.2 Å². The number of rotatable bonds is 4. The smallest absolute Gasteiger partial charge is 0.243 e. The SMILES string of the molecule is O=S(=O)(N[C@H]1C[C@@H](O)[C@@H]1n1cccn1)c1cccc2cccnc12. The van der Waals surface area contributed by atoms with Crippen LogP contribution in [0, 0.1) is 0 Å². The van der Waals surface area contributed by atoms with Gasteiger partial charge in [-0.2, -0.15) is 5.10 Å². The number of aliphatic hydroxyl groups excluding tert-OH is 1. The van der Waals surface area contributed by atoms with Gasteiger partial charge in [-0.05, 0) is 24.6 Å². The molecular formula is C16H16N4O3S. The van der Waals surface area contributed by atoms with E-state index in [1.165, 1.54) is 6.07 Å². The Morgan fingerprint density at radius 3 is 2.75 bits per heavy atom. The highest BCUT2D eigenvalue weighted by molar-refractivity contribution is 7.89. The van der Waals surface area contributed by atoms with Crippen LogP contribution in [-0.2, 0) is 10.0 Å². The van der Waals surface area contributed by atoms with E-state index >= 15 is 0 Å². The van der Waals surface area contributed by atoms with Crippen molar-refractivity contribution in [2.75, 3.05) is 0 Å². The van der Waals surface area contributed by atoms with E-state index in [2.05, 4.69) is 14.8 Å². The molecule has 1 fully saturated rings. The third kappa shape index (κ3) is 2.48. The largest absolute Gasteiger partial charge is 0.391 e. The standard InChI is InChI=1S/C16H16N4O3S/c21-13-10-12(16(13)20-9-3-8-18-20)19-24(22,23)14-6-1-4-11-5-2-7-17-15(11)14/h1-9,12-13,16,19,21H,10H2/t12-,13+,16+/m0/s1. The van der Waals surface area contributed by atoms with Crippen LogP contribution in [0.5, 0.6) is 0 Å². The Morgan fingerprint density at radius 2 is 2.00 bits per heavy atom. The number of hydrogen-bond donors (Lipinski definition) is 2. The van der Waals surface area contributed by atoms with Gasteiger partial charge in [0.2, 0.25) is 10.0 Å². The molecule has 1 aliphatic carbocycles. The van der Waals surface area contributed by atoms with Crippen molar-refractivity contribution in [2.24, 2.45) is 0 Å². The van der Waals surface area contributed by atoms with E-state index in [4.69, 9.17) is 0 Å². The highest BCUT2D eigenvalue weighted by Gasteiger charge is 2.44. The average molecular weight is 344 g/mol. The van der Waals surface area contributed by atoms with Gasteiger partial charge in [0.15, 0.2) is 0 Å². The third-order valence-corrected chi connectivity index (χ3v) is 5.85. The van der Waals surface area contributed by atoms with Gasteiger partial charge in [-0.15, -0.1) is 0 Å². The second-order valence-electron chi connectivity index (χ2n) is 5.84. The summed E-state index contributed by atoms with van der Waals surface area (Å²) >= 11 is 0. The van der Waals surface area contributed by atoms with Gasteiger partial charge in [0, 0.05) is 30.0 Å². The molecule has 2 aromatic heterocycles. The summed E-state index contributed by atoms with van der Waals surface area (Å²) < 4.78 is 29.9. The summed E-state index contributed by atoms with van der Waals surface area (Å²) in [4.78, 5) is 4.34. The quantitative estimate of drug-likeness (QED) is 0.738. The zero-order valence-corrected chi connectivity index (χ0v) is 13.5. The molecule has 7 nitrogen and oxygen atoms in total. The number of benzene rings is 1. The lowest BCUT2D eigenvalue weighted by molar-refractivity contribution is 0.000547. The van der Waals surface area contributed by atoms with Gasteiger partial charge in [0.1, 0.15) is 4.90 Å². The van der Waals surface area contributed by atoms with E-state index in [0.717, 1.165) is 5.39 Å². The molecule has 8 heteroatoms. The molecule has 0 unspecified atom stereocenters. The lowest BCUT2D eigenvalue weighted by Gasteiger charge is -2.41. The predicted molar refractivity (Wildman–Crippen MR) is 87.7 cm³/mol. The van der Waals surface area contributed by atoms with E-state index < -0.39 is 28.2 Å². The number of nitrogens with zero attached hydrogens (tertiary/aromatic N) is 3. The van der Waals surface area contributed by atoms with Crippen molar-refractivity contribution in [3.05, 3.63) is 55.0 Å². The molecule has 1 aliphatic rings. The minimum Gasteiger partial charge on any atom is -0.391 e. The second kappa shape index (κ2) is 5.66. The van der Waals surface area contributed by atoms with Crippen LogP contribution in [0.4, 0.5) is 0 Å². The van der Waals surface area contributed by atoms with Crippen LogP contribution in [0.2, 0.25) is 0 Å². The molecule has 4 rings (SSSR count). The van der Waals surface area contributed by atoms with E-state index in [1.807, 2.05) is 12.1 Å². The van der Waals surface area contributed by atoms with Gasteiger partial charge in [-0.3, -0.25) is 9.67 Å². The number of aliphatic hydroxyl groups is 1. The maximum Gasteiger partial charge on any atom is 0.243 e. The van der Waals surface area contributed by atoms with Gasteiger partial charge < -0.3 is 5.11 Å². The monoisotopic (exact) mass is 344 g/mol. The van der Waals surface area contributed by atoms with Gasteiger partial charge in [-0.25, -0.2) is 13.1 Å². The number of sulfonamides is 1.